The summed E-state index contributed by atoms with van der Waals surface area (Å²) in [5.41, 5.74) is 1.73. The Bertz CT molecular complexity index is 1070. The van der Waals surface area contributed by atoms with E-state index in [9.17, 15) is 4.79 Å². The van der Waals surface area contributed by atoms with Crippen molar-refractivity contribution in [2.75, 3.05) is 0 Å². The number of ether oxygens (including phenoxy) is 1. The normalized spacial score (nSPS) is 10.9. The van der Waals surface area contributed by atoms with E-state index in [0.29, 0.717) is 27.8 Å². The summed E-state index contributed by atoms with van der Waals surface area (Å²) in [6, 6.07) is 10.9. The van der Waals surface area contributed by atoms with Crippen LogP contribution in [0.4, 0.5) is 0 Å². The van der Waals surface area contributed by atoms with Crippen molar-refractivity contribution in [3.63, 3.8) is 0 Å². The molecule has 9 heteroatoms. The van der Waals surface area contributed by atoms with Crippen LogP contribution in [0.15, 0.2) is 62.0 Å². The lowest BCUT2D eigenvalue weighted by molar-refractivity contribution is 0.0459. The van der Waals surface area contributed by atoms with Crippen molar-refractivity contribution in [3.05, 3.63) is 70.7 Å². The highest BCUT2D eigenvalue weighted by molar-refractivity contribution is 7.98. The number of aryl methyl sites for hydroxylation is 1. The smallest absolute Gasteiger partial charge is 0.341 e. The first kappa shape index (κ1) is 18.5. The molecule has 0 radical (unpaired) electrons. The minimum atomic E-state index is -0.465. The number of hydrogen-bond donors (Lipinski definition) is 0. The Balaban J connectivity index is 1.39. The Hall–Kier alpha value is -2.91. The first-order chi connectivity index (χ1) is 13.7. The summed E-state index contributed by atoms with van der Waals surface area (Å²) < 4.78 is 15.7. The quantitative estimate of drug-likeness (QED) is 0.317. The van der Waals surface area contributed by atoms with E-state index in [1.807, 2.05) is 30.5 Å². The third-order valence-electron chi connectivity index (χ3n) is 3.70. The number of hydrogen-bond acceptors (Lipinski definition) is 9. The Labute approximate surface area is 168 Å². The van der Waals surface area contributed by atoms with Gasteiger partial charge in [-0.2, -0.15) is 0 Å². The topological polar surface area (TPSA) is 91.2 Å². The molecule has 4 rings (SSSR count). The molecule has 4 aromatic rings. The van der Waals surface area contributed by atoms with E-state index in [2.05, 4.69) is 15.3 Å². The van der Waals surface area contributed by atoms with Gasteiger partial charge in [0.05, 0.1) is 16.1 Å². The molecule has 0 saturated heterocycles. The standard InChI is InChI=1S/C19H15N3O4S2/c1-12-8-14(22-25-12)11-28-18-15(4-2-6-20-18)19(23)24-10-13-9-16(26-21-13)17-5-3-7-27-17/h2-9H,10-11H2,1H3. The number of esters is 1. The van der Waals surface area contributed by atoms with Gasteiger partial charge < -0.3 is 13.8 Å². The lowest BCUT2D eigenvalue weighted by Gasteiger charge is -2.06. The van der Waals surface area contributed by atoms with Gasteiger partial charge in [0.25, 0.3) is 0 Å². The number of rotatable bonds is 7. The fourth-order valence-electron chi connectivity index (χ4n) is 2.42. The molecule has 0 atom stereocenters. The number of aromatic nitrogens is 3. The number of thioether (sulfide) groups is 1. The first-order valence-electron chi connectivity index (χ1n) is 8.35. The lowest BCUT2D eigenvalue weighted by Crippen LogP contribution is -2.07. The molecule has 0 N–H and O–H groups in total. The average molecular weight is 413 g/mol. The third-order valence-corrected chi connectivity index (χ3v) is 5.62. The molecule has 0 bridgehead atoms. The van der Waals surface area contributed by atoms with Gasteiger partial charge in [0.1, 0.15) is 23.1 Å². The SMILES string of the molecule is Cc1cc(CSc2ncccc2C(=O)OCc2cc(-c3cccs3)on2)no1. The summed E-state index contributed by atoms with van der Waals surface area (Å²) in [6.07, 6.45) is 1.64. The van der Waals surface area contributed by atoms with E-state index in [0.717, 1.165) is 16.3 Å². The highest BCUT2D eigenvalue weighted by Crippen LogP contribution is 2.27. The van der Waals surface area contributed by atoms with Gasteiger partial charge in [0, 0.05) is 24.1 Å². The second kappa shape index (κ2) is 8.41. The van der Waals surface area contributed by atoms with Gasteiger partial charge in [-0.25, -0.2) is 9.78 Å². The second-order valence-corrected chi connectivity index (χ2v) is 7.72. The van der Waals surface area contributed by atoms with Crippen LogP contribution in [0.25, 0.3) is 10.6 Å². The van der Waals surface area contributed by atoms with Crippen LogP contribution in [-0.4, -0.2) is 21.3 Å². The van der Waals surface area contributed by atoms with E-state index < -0.39 is 5.97 Å². The molecular weight excluding hydrogens is 398 g/mol. The Morgan fingerprint density at radius 3 is 2.86 bits per heavy atom. The van der Waals surface area contributed by atoms with E-state index in [1.165, 1.54) is 11.8 Å². The minimum Gasteiger partial charge on any atom is -0.455 e. The third kappa shape index (κ3) is 4.32. The van der Waals surface area contributed by atoms with Crippen LogP contribution in [0, 0.1) is 6.92 Å². The number of nitrogens with zero attached hydrogens (tertiary/aromatic N) is 3. The summed E-state index contributed by atoms with van der Waals surface area (Å²) in [5.74, 6) is 1.47. The van der Waals surface area contributed by atoms with E-state index in [1.54, 1.807) is 35.7 Å². The number of carbonyl (C=O) groups is 1. The molecule has 0 spiro atoms. The molecule has 28 heavy (non-hydrogen) atoms. The number of thiophene rings is 1. The van der Waals surface area contributed by atoms with Gasteiger partial charge in [-0.05, 0) is 30.5 Å². The molecule has 0 fully saturated rings. The van der Waals surface area contributed by atoms with Crippen molar-refractivity contribution in [2.45, 2.75) is 24.3 Å². The summed E-state index contributed by atoms with van der Waals surface area (Å²) in [4.78, 5) is 17.8. The Morgan fingerprint density at radius 2 is 2.07 bits per heavy atom. The van der Waals surface area contributed by atoms with Crippen LogP contribution < -0.4 is 0 Å². The first-order valence-corrected chi connectivity index (χ1v) is 10.2. The molecule has 0 aromatic carbocycles. The van der Waals surface area contributed by atoms with Crippen LogP contribution in [0.1, 0.15) is 27.5 Å². The van der Waals surface area contributed by atoms with Crippen molar-refractivity contribution in [1.29, 1.82) is 0 Å². The predicted octanol–water partition coefficient (Wildman–Crippen LogP) is 4.74. The summed E-state index contributed by atoms with van der Waals surface area (Å²) >= 11 is 2.95. The number of carbonyl (C=O) groups excluding carboxylic acids is 1. The molecule has 0 aliphatic carbocycles. The van der Waals surface area contributed by atoms with Gasteiger partial charge in [-0.1, -0.05) is 28.1 Å². The maximum Gasteiger partial charge on any atom is 0.341 e. The predicted molar refractivity (Wildman–Crippen MR) is 104 cm³/mol. The van der Waals surface area contributed by atoms with Crippen LogP contribution in [0.5, 0.6) is 0 Å². The van der Waals surface area contributed by atoms with Crippen LogP contribution >= 0.6 is 23.1 Å². The summed E-state index contributed by atoms with van der Waals surface area (Å²) in [5, 5.41) is 10.4. The maximum atomic E-state index is 12.5. The van der Waals surface area contributed by atoms with Crippen LogP contribution in [-0.2, 0) is 17.1 Å². The van der Waals surface area contributed by atoms with Gasteiger partial charge in [0.2, 0.25) is 0 Å². The van der Waals surface area contributed by atoms with Gasteiger partial charge >= 0.3 is 5.97 Å². The zero-order valence-corrected chi connectivity index (χ0v) is 16.5. The van der Waals surface area contributed by atoms with Gasteiger partial charge in [-0.3, -0.25) is 0 Å². The van der Waals surface area contributed by atoms with Crippen molar-refractivity contribution in [3.8, 4) is 10.6 Å². The van der Waals surface area contributed by atoms with Crippen LogP contribution in [0.3, 0.4) is 0 Å². The van der Waals surface area contributed by atoms with Gasteiger partial charge in [-0.15, -0.1) is 11.3 Å². The molecule has 0 unspecified atom stereocenters. The Morgan fingerprint density at radius 1 is 1.18 bits per heavy atom. The fourth-order valence-corrected chi connectivity index (χ4v) is 3.96. The second-order valence-electron chi connectivity index (χ2n) is 5.81. The van der Waals surface area contributed by atoms with E-state index >= 15 is 0 Å². The van der Waals surface area contributed by atoms with Crippen molar-refractivity contribution >= 4 is 29.1 Å². The van der Waals surface area contributed by atoms with E-state index in [4.69, 9.17) is 13.8 Å². The monoisotopic (exact) mass is 413 g/mol. The lowest BCUT2D eigenvalue weighted by atomic mass is 10.3. The molecule has 4 heterocycles. The zero-order valence-electron chi connectivity index (χ0n) is 14.8. The molecule has 0 aliphatic heterocycles. The van der Waals surface area contributed by atoms with Gasteiger partial charge in [0.15, 0.2) is 5.76 Å². The molecule has 4 aromatic heterocycles. The summed E-state index contributed by atoms with van der Waals surface area (Å²) in [6.45, 7) is 1.85. The average Bonchev–Trinajstić information content (AvgIpc) is 3.46. The fraction of sp³-hybridized carbons (Fsp3) is 0.158. The molecule has 0 aliphatic rings. The largest absolute Gasteiger partial charge is 0.455 e. The number of pyridine rings is 1. The van der Waals surface area contributed by atoms with Crippen molar-refractivity contribution in [1.82, 2.24) is 15.3 Å². The summed E-state index contributed by atoms with van der Waals surface area (Å²) in [7, 11) is 0. The van der Waals surface area contributed by atoms with Crippen LogP contribution in [0.2, 0.25) is 0 Å². The molecule has 0 amide bonds. The molecule has 7 nitrogen and oxygen atoms in total. The minimum absolute atomic E-state index is 0.0230. The van der Waals surface area contributed by atoms with Crippen molar-refractivity contribution < 1.29 is 18.6 Å². The Kier molecular flexibility index (Phi) is 5.54. The molecule has 142 valence electrons. The highest BCUT2D eigenvalue weighted by atomic mass is 32.2. The molecule has 0 saturated carbocycles. The maximum absolute atomic E-state index is 12.5. The molecular formula is C19H15N3O4S2. The van der Waals surface area contributed by atoms with E-state index in [-0.39, 0.29) is 6.61 Å². The zero-order chi connectivity index (χ0) is 19.3. The highest BCUT2D eigenvalue weighted by Gasteiger charge is 2.16. The van der Waals surface area contributed by atoms with Crippen molar-refractivity contribution in [2.24, 2.45) is 0 Å².